The van der Waals surface area contributed by atoms with Gasteiger partial charge in [0.05, 0.1) is 17.0 Å². The second-order valence-electron chi connectivity index (χ2n) is 5.33. The van der Waals surface area contributed by atoms with Crippen molar-refractivity contribution in [1.82, 2.24) is 0 Å². The average Bonchev–Trinajstić information content (AvgIpc) is 3.30. The molecule has 0 bridgehead atoms. The maximum absolute atomic E-state index is 13.6. The van der Waals surface area contributed by atoms with Crippen LogP contribution in [0.5, 0.6) is 5.75 Å². The minimum atomic E-state index is -0.338. The van der Waals surface area contributed by atoms with E-state index in [0.29, 0.717) is 22.1 Å². The van der Waals surface area contributed by atoms with Crippen molar-refractivity contribution in [2.45, 2.75) is 17.7 Å². The van der Waals surface area contributed by atoms with Crippen LogP contribution in [0.25, 0.3) is 0 Å². The zero-order valence-electron chi connectivity index (χ0n) is 11.5. The van der Waals surface area contributed by atoms with E-state index in [1.165, 1.54) is 18.7 Å². The van der Waals surface area contributed by atoms with E-state index in [1.54, 1.807) is 6.07 Å². The summed E-state index contributed by atoms with van der Waals surface area (Å²) in [5.41, 5.74) is 2.16. The van der Waals surface area contributed by atoms with Crippen molar-refractivity contribution in [2.75, 3.05) is 7.11 Å². The molecule has 0 amide bonds. The molecule has 1 fully saturated rings. The zero-order chi connectivity index (χ0) is 15.0. The van der Waals surface area contributed by atoms with E-state index in [0.717, 1.165) is 12.0 Å². The molecule has 3 unspecified atom stereocenters. The molecule has 1 saturated carbocycles. The SMILES string of the molecule is COc1cc(F)c(Br)cc1C(Cl)C1CC1c1ccccc1. The van der Waals surface area contributed by atoms with Crippen molar-refractivity contribution < 1.29 is 9.13 Å². The smallest absolute Gasteiger partial charge is 0.141 e. The zero-order valence-corrected chi connectivity index (χ0v) is 13.9. The second-order valence-corrected chi connectivity index (χ2v) is 6.65. The van der Waals surface area contributed by atoms with Crippen LogP contribution in [0, 0.1) is 11.7 Å². The molecule has 110 valence electrons. The van der Waals surface area contributed by atoms with Gasteiger partial charge in [0.15, 0.2) is 0 Å². The fourth-order valence-corrected chi connectivity index (χ4v) is 3.60. The average molecular weight is 370 g/mol. The normalized spacial score (nSPS) is 21.9. The number of alkyl halides is 1. The molecule has 2 aromatic rings. The summed E-state index contributed by atoms with van der Waals surface area (Å²) in [5.74, 6) is 1.01. The van der Waals surface area contributed by atoms with E-state index in [4.69, 9.17) is 16.3 Å². The molecular formula is C17H15BrClFO. The minimum Gasteiger partial charge on any atom is -0.496 e. The summed E-state index contributed by atoms with van der Waals surface area (Å²) in [7, 11) is 1.54. The summed E-state index contributed by atoms with van der Waals surface area (Å²) >= 11 is 9.85. The maximum Gasteiger partial charge on any atom is 0.141 e. The summed E-state index contributed by atoms with van der Waals surface area (Å²) < 4.78 is 19.3. The molecule has 0 spiro atoms. The molecule has 0 aromatic heterocycles. The van der Waals surface area contributed by atoms with Gasteiger partial charge in [-0.1, -0.05) is 30.3 Å². The lowest BCUT2D eigenvalue weighted by Crippen LogP contribution is -2.00. The maximum atomic E-state index is 13.6. The summed E-state index contributed by atoms with van der Waals surface area (Å²) in [6.45, 7) is 0. The van der Waals surface area contributed by atoms with Gasteiger partial charge in [0, 0.05) is 11.6 Å². The summed E-state index contributed by atoms with van der Waals surface area (Å²) in [5, 5.41) is -0.179. The highest BCUT2D eigenvalue weighted by Gasteiger charge is 2.44. The molecule has 1 aliphatic carbocycles. The van der Waals surface area contributed by atoms with Crippen molar-refractivity contribution in [2.24, 2.45) is 5.92 Å². The second kappa shape index (κ2) is 5.98. The predicted octanol–water partition coefficient (Wildman–Crippen LogP) is 5.68. The van der Waals surface area contributed by atoms with E-state index >= 15 is 0 Å². The molecule has 0 aliphatic heterocycles. The largest absolute Gasteiger partial charge is 0.496 e. The molecule has 2 aromatic carbocycles. The highest BCUT2D eigenvalue weighted by Crippen LogP contribution is 2.57. The number of hydrogen-bond acceptors (Lipinski definition) is 1. The minimum absolute atomic E-state index is 0.179. The molecule has 0 radical (unpaired) electrons. The Bertz CT molecular complexity index is 647. The monoisotopic (exact) mass is 368 g/mol. The van der Waals surface area contributed by atoms with E-state index in [-0.39, 0.29) is 11.2 Å². The van der Waals surface area contributed by atoms with Gasteiger partial charge in [-0.3, -0.25) is 0 Å². The van der Waals surface area contributed by atoms with Gasteiger partial charge in [-0.25, -0.2) is 4.39 Å². The number of benzene rings is 2. The van der Waals surface area contributed by atoms with Crippen molar-refractivity contribution in [3.8, 4) is 5.75 Å². The summed E-state index contributed by atoms with van der Waals surface area (Å²) in [4.78, 5) is 0. The first-order valence-corrected chi connectivity index (χ1v) is 8.06. The van der Waals surface area contributed by atoms with Crippen LogP contribution in [-0.2, 0) is 0 Å². The van der Waals surface area contributed by atoms with E-state index in [2.05, 4.69) is 28.1 Å². The lowest BCUT2D eigenvalue weighted by Gasteiger charge is -2.15. The molecule has 0 saturated heterocycles. The Morgan fingerprint density at radius 1 is 1.29 bits per heavy atom. The van der Waals surface area contributed by atoms with Crippen LogP contribution in [0.15, 0.2) is 46.9 Å². The van der Waals surface area contributed by atoms with Gasteiger partial charge >= 0.3 is 0 Å². The molecule has 3 atom stereocenters. The molecule has 1 aliphatic rings. The van der Waals surface area contributed by atoms with E-state index in [1.807, 2.05) is 18.2 Å². The van der Waals surface area contributed by atoms with Crippen LogP contribution in [0.2, 0.25) is 0 Å². The Hall–Kier alpha value is -1.06. The Kier molecular flexibility index (Phi) is 4.23. The fraction of sp³-hybridized carbons (Fsp3) is 0.294. The van der Waals surface area contributed by atoms with Gasteiger partial charge in [-0.2, -0.15) is 0 Å². The predicted molar refractivity (Wildman–Crippen MR) is 86.5 cm³/mol. The topological polar surface area (TPSA) is 9.23 Å². The van der Waals surface area contributed by atoms with Crippen LogP contribution < -0.4 is 4.74 Å². The van der Waals surface area contributed by atoms with Crippen LogP contribution in [-0.4, -0.2) is 7.11 Å². The first-order valence-electron chi connectivity index (χ1n) is 6.83. The third-order valence-electron chi connectivity index (χ3n) is 4.01. The summed E-state index contributed by atoms with van der Waals surface area (Å²) in [6, 6.07) is 13.5. The van der Waals surface area contributed by atoms with Crippen molar-refractivity contribution in [3.05, 3.63) is 63.9 Å². The molecule has 21 heavy (non-hydrogen) atoms. The molecular weight excluding hydrogens is 355 g/mol. The third kappa shape index (κ3) is 2.95. The Balaban J connectivity index is 1.84. The van der Waals surface area contributed by atoms with Crippen LogP contribution in [0.1, 0.15) is 28.8 Å². The van der Waals surface area contributed by atoms with E-state index < -0.39 is 0 Å². The summed E-state index contributed by atoms with van der Waals surface area (Å²) in [6.07, 6.45) is 1.05. The third-order valence-corrected chi connectivity index (χ3v) is 5.18. The molecule has 0 N–H and O–H groups in total. The number of halogens is 3. The number of methoxy groups -OCH3 is 1. The van der Waals surface area contributed by atoms with Gasteiger partial charge in [0.25, 0.3) is 0 Å². The van der Waals surface area contributed by atoms with Crippen molar-refractivity contribution >= 4 is 27.5 Å². The van der Waals surface area contributed by atoms with Crippen LogP contribution >= 0.6 is 27.5 Å². The number of ether oxygens (including phenoxy) is 1. The molecule has 3 rings (SSSR count). The van der Waals surface area contributed by atoms with Crippen molar-refractivity contribution in [3.63, 3.8) is 0 Å². The van der Waals surface area contributed by atoms with Gasteiger partial charge in [-0.15, -0.1) is 11.6 Å². The van der Waals surface area contributed by atoms with Gasteiger partial charge in [-0.05, 0) is 45.8 Å². The number of rotatable bonds is 4. The van der Waals surface area contributed by atoms with Crippen molar-refractivity contribution in [1.29, 1.82) is 0 Å². The Morgan fingerprint density at radius 3 is 2.67 bits per heavy atom. The lowest BCUT2D eigenvalue weighted by molar-refractivity contribution is 0.404. The number of hydrogen-bond donors (Lipinski definition) is 0. The Morgan fingerprint density at radius 2 is 2.00 bits per heavy atom. The van der Waals surface area contributed by atoms with Crippen LogP contribution in [0.4, 0.5) is 4.39 Å². The highest BCUT2D eigenvalue weighted by molar-refractivity contribution is 9.10. The Labute approximate surface area is 137 Å². The first-order chi connectivity index (χ1) is 10.1. The van der Waals surface area contributed by atoms with Gasteiger partial charge < -0.3 is 4.74 Å². The van der Waals surface area contributed by atoms with Crippen LogP contribution in [0.3, 0.4) is 0 Å². The highest BCUT2D eigenvalue weighted by atomic mass is 79.9. The molecule has 4 heteroatoms. The quantitative estimate of drug-likeness (QED) is 0.630. The van der Waals surface area contributed by atoms with Gasteiger partial charge in [0.2, 0.25) is 0 Å². The molecule has 1 nitrogen and oxygen atoms in total. The fourth-order valence-electron chi connectivity index (χ4n) is 2.79. The first kappa shape index (κ1) is 14.9. The lowest BCUT2D eigenvalue weighted by atomic mass is 10.0. The van der Waals surface area contributed by atoms with E-state index in [9.17, 15) is 4.39 Å². The molecule has 0 heterocycles. The van der Waals surface area contributed by atoms with Gasteiger partial charge in [0.1, 0.15) is 11.6 Å². The standard InChI is InChI=1S/C17H15BrClFO/c1-21-16-9-15(20)14(18)8-13(16)17(19)12-7-11(12)10-5-3-2-4-6-10/h2-6,8-9,11-12,17H,7H2,1H3.